The van der Waals surface area contributed by atoms with Gasteiger partial charge in [0.25, 0.3) is 11.8 Å². The zero-order valence-electron chi connectivity index (χ0n) is 14.1. The lowest BCUT2D eigenvalue weighted by atomic mass is 10.2. The molecule has 1 aromatic carbocycles. The van der Waals surface area contributed by atoms with Crippen LogP contribution >= 0.6 is 11.3 Å². The van der Waals surface area contributed by atoms with Crippen LogP contribution in [0.2, 0.25) is 0 Å². The van der Waals surface area contributed by atoms with Crippen molar-refractivity contribution in [1.29, 1.82) is 0 Å². The first-order valence-corrected chi connectivity index (χ1v) is 8.83. The standard InChI is InChI=1S/C18H20N2O4S/c1-3-9-19-16(21)12(2)24-18(23)13-6-4-7-14(11-13)20-17(22)15-8-5-10-25-15/h4-8,10-12H,3,9H2,1-2H3,(H,19,21)(H,20,22)/t12-/m0/s1. The Balaban J connectivity index is 1.99. The van der Waals surface area contributed by atoms with Crippen molar-refractivity contribution in [1.82, 2.24) is 5.32 Å². The lowest BCUT2D eigenvalue weighted by Crippen LogP contribution is -2.36. The van der Waals surface area contributed by atoms with E-state index in [9.17, 15) is 14.4 Å². The Morgan fingerprint density at radius 1 is 1.20 bits per heavy atom. The summed E-state index contributed by atoms with van der Waals surface area (Å²) in [5.41, 5.74) is 0.745. The molecule has 0 radical (unpaired) electrons. The first-order chi connectivity index (χ1) is 12.0. The van der Waals surface area contributed by atoms with Gasteiger partial charge in [-0.15, -0.1) is 11.3 Å². The SMILES string of the molecule is CCCNC(=O)[C@H](C)OC(=O)c1cccc(NC(=O)c2cccs2)c1. The molecule has 0 saturated carbocycles. The minimum Gasteiger partial charge on any atom is -0.449 e. The fourth-order valence-corrected chi connectivity index (χ4v) is 2.62. The quantitative estimate of drug-likeness (QED) is 0.743. The summed E-state index contributed by atoms with van der Waals surface area (Å²) in [6.07, 6.45) is -0.0818. The highest BCUT2D eigenvalue weighted by Gasteiger charge is 2.18. The van der Waals surface area contributed by atoms with Crippen LogP contribution in [-0.4, -0.2) is 30.4 Å². The molecule has 2 amide bonds. The third kappa shape index (κ3) is 5.42. The molecule has 2 aromatic rings. The van der Waals surface area contributed by atoms with Crippen LogP contribution in [0.3, 0.4) is 0 Å². The van der Waals surface area contributed by atoms with Crippen LogP contribution in [0.4, 0.5) is 5.69 Å². The molecule has 0 spiro atoms. The molecule has 132 valence electrons. The zero-order chi connectivity index (χ0) is 18.2. The first kappa shape index (κ1) is 18.7. The van der Waals surface area contributed by atoms with Gasteiger partial charge in [-0.3, -0.25) is 9.59 Å². The van der Waals surface area contributed by atoms with Gasteiger partial charge < -0.3 is 15.4 Å². The highest BCUT2D eigenvalue weighted by molar-refractivity contribution is 7.12. The van der Waals surface area contributed by atoms with Crippen molar-refractivity contribution in [2.75, 3.05) is 11.9 Å². The molecule has 25 heavy (non-hydrogen) atoms. The summed E-state index contributed by atoms with van der Waals surface area (Å²) >= 11 is 1.33. The predicted molar refractivity (Wildman–Crippen MR) is 96.9 cm³/mol. The van der Waals surface area contributed by atoms with Crippen molar-refractivity contribution in [3.05, 3.63) is 52.2 Å². The van der Waals surface area contributed by atoms with E-state index >= 15 is 0 Å². The summed E-state index contributed by atoms with van der Waals surface area (Å²) in [5.74, 6) is -1.20. The van der Waals surface area contributed by atoms with Crippen LogP contribution in [0.1, 0.15) is 40.3 Å². The second-order valence-electron chi connectivity index (χ2n) is 5.35. The summed E-state index contributed by atoms with van der Waals surface area (Å²) in [5, 5.41) is 7.21. The Bertz CT molecular complexity index is 743. The summed E-state index contributed by atoms with van der Waals surface area (Å²) in [7, 11) is 0. The molecule has 1 atom stereocenters. The average molecular weight is 360 g/mol. The Morgan fingerprint density at radius 3 is 2.68 bits per heavy atom. The van der Waals surface area contributed by atoms with E-state index in [4.69, 9.17) is 4.74 Å². The molecule has 1 heterocycles. The van der Waals surface area contributed by atoms with Crippen LogP contribution < -0.4 is 10.6 Å². The number of carbonyl (C=O) groups excluding carboxylic acids is 3. The number of carbonyl (C=O) groups is 3. The zero-order valence-corrected chi connectivity index (χ0v) is 14.9. The van der Waals surface area contributed by atoms with Gasteiger partial charge in [-0.05, 0) is 43.0 Å². The molecule has 0 bridgehead atoms. The lowest BCUT2D eigenvalue weighted by Gasteiger charge is -2.13. The van der Waals surface area contributed by atoms with Gasteiger partial charge in [0.05, 0.1) is 10.4 Å². The molecular weight excluding hydrogens is 340 g/mol. The molecule has 2 rings (SSSR count). The van der Waals surface area contributed by atoms with Crippen LogP contribution in [-0.2, 0) is 9.53 Å². The number of ether oxygens (including phenoxy) is 1. The molecule has 0 fully saturated rings. The van der Waals surface area contributed by atoms with E-state index in [0.29, 0.717) is 17.1 Å². The first-order valence-electron chi connectivity index (χ1n) is 7.95. The molecule has 0 aliphatic rings. The van der Waals surface area contributed by atoms with Crippen molar-refractivity contribution >= 4 is 34.8 Å². The van der Waals surface area contributed by atoms with Gasteiger partial charge in [-0.25, -0.2) is 4.79 Å². The van der Waals surface area contributed by atoms with E-state index in [-0.39, 0.29) is 17.4 Å². The predicted octanol–water partition coefficient (Wildman–Crippen LogP) is 3.07. The van der Waals surface area contributed by atoms with Gasteiger partial charge in [-0.2, -0.15) is 0 Å². The Kier molecular flexibility index (Phi) is 6.71. The Labute approximate surface area is 150 Å². The van der Waals surface area contributed by atoms with E-state index in [1.54, 1.807) is 30.3 Å². The van der Waals surface area contributed by atoms with E-state index in [1.165, 1.54) is 24.3 Å². The monoisotopic (exact) mass is 360 g/mol. The van der Waals surface area contributed by atoms with Crippen molar-refractivity contribution < 1.29 is 19.1 Å². The maximum atomic E-state index is 12.2. The number of esters is 1. The summed E-state index contributed by atoms with van der Waals surface area (Å²) in [6.45, 7) is 3.99. The summed E-state index contributed by atoms with van der Waals surface area (Å²) < 4.78 is 5.17. The van der Waals surface area contributed by atoms with Crippen molar-refractivity contribution in [2.45, 2.75) is 26.4 Å². The number of thiophene rings is 1. The Hall–Kier alpha value is -2.67. The van der Waals surface area contributed by atoms with Crippen molar-refractivity contribution in [3.8, 4) is 0 Å². The molecule has 0 aliphatic heterocycles. The minimum atomic E-state index is -0.886. The third-order valence-corrected chi connectivity index (χ3v) is 4.17. The molecule has 1 aromatic heterocycles. The molecular formula is C18H20N2O4S. The molecule has 2 N–H and O–H groups in total. The smallest absolute Gasteiger partial charge is 0.338 e. The normalized spacial score (nSPS) is 11.4. The van der Waals surface area contributed by atoms with E-state index < -0.39 is 12.1 Å². The van der Waals surface area contributed by atoms with Gasteiger partial charge >= 0.3 is 5.97 Å². The topological polar surface area (TPSA) is 84.5 Å². The minimum absolute atomic E-state index is 0.243. The number of hydrogen-bond donors (Lipinski definition) is 2. The Morgan fingerprint density at radius 2 is 2.00 bits per heavy atom. The van der Waals surface area contributed by atoms with Crippen molar-refractivity contribution in [2.24, 2.45) is 0 Å². The second kappa shape index (κ2) is 8.98. The molecule has 6 nitrogen and oxygen atoms in total. The molecule has 0 unspecified atom stereocenters. The number of benzene rings is 1. The van der Waals surface area contributed by atoms with Gasteiger partial charge in [0.2, 0.25) is 0 Å². The van der Waals surface area contributed by atoms with E-state index in [0.717, 1.165) is 6.42 Å². The van der Waals surface area contributed by atoms with Crippen LogP contribution in [0.25, 0.3) is 0 Å². The number of nitrogens with one attached hydrogen (secondary N) is 2. The number of hydrogen-bond acceptors (Lipinski definition) is 5. The van der Waals surface area contributed by atoms with E-state index in [2.05, 4.69) is 10.6 Å². The number of anilines is 1. The third-order valence-electron chi connectivity index (χ3n) is 3.30. The van der Waals surface area contributed by atoms with Crippen molar-refractivity contribution in [3.63, 3.8) is 0 Å². The van der Waals surface area contributed by atoms with Gasteiger partial charge in [0, 0.05) is 12.2 Å². The van der Waals surface area contributed by atoms with Gasteiger partial charge in [-0.1, -0.05) is 19.1 Å². The highest BCUT2D eigenvalue weighted by Crippen LogP contribution is 2.16. The summed E-state index contributed by atoms with van der Waals surface area (Å²) in [4.78, 5) is 36.6. The fourth-order valence-electron chi connectivity index (χ4n) is 2.00. The van der Waals surface area contributed by atoms with Crippen LogP contribution in [0, 0.1) is 0 Å². The fraction of sp³-hybridized carbons (Fsp3) is 0.278. The molecule has 7 heteroatoms. The lowest BCUT2D eigenvalue weighted by molar-refractivity contribution is -0.129. The molecule has 0 saturated heterocycles. The van der Waals surface area contributed by atoms with Crippen LogP contribution in [0.15, 0.2) is 41.8 Å². The maximum absolute atomic E-state index is 12.2. The summed E-state index contributed by atoms with van der Waals surface area (Å²) in [6, 6.07) is 9.92. The van der Waals surface area contributed by atoms with Gasteiger partial charge in [0.1, 0.15) is 0 Å². The van der Waals surface area contributed by atoms with Gasteiger partial charge in [0.15, 0.2) is 6.10 Å². The highest BCUT2D eigenvalue weighted by atomic mass is 32.1. The second-order valence-corrected chi connectivity index (χ2v) is 6.30. The largest absolute Gasteiger partial charge is 0.449 e. The van der Waals surface area contributed by atoms with Crippen LogP contribution in [0.5, 0.6) is 0 Å². The van der Waals surface area contributed by atoms with E-state index in [1.807, 2.05) is 12.3 Å². The molecule has 0 aliphatic carbocycles. The average Bonchev–Trinajstić information content (AvgIpc) is 3.14. The number of rotatable bonds is 7. The maximum Gasteiger partial charge on any atom is 0.338 e. The number of amides is 2.